The molecule has 0 aliphatic carbocycles. The summed E-state index contributed by atoms with van der Waals surface area (Å²) >= 11 is 0. The Morgan fingerprint density at radius 2 is 1.63 bits per heavy atom. The average molecular weight is 480 g/mol. The van der Waals surface area contributed by atoms with E-state index in [2.05, 4.69) is 53.3 Å². The Morgan fingerprint density at radius 3 is 2.26 bits per heavy atom. The molecule has 2 aromatic carbocycles. The van der Waals surface area contributed by atoms with Gasteiger partial charge in [0.25, 0.3) is 0 Å². The lowest BCUT2D eigenvalue weighted by Gasteiger charge is -2.35. The number of morpholine rings is 1. The third-order valence-electron chi connectivity index (χ3n) is 4.40. The second kappa shape index (κ2) is 10.6. The van der Waals surface area contributed by atoms with Crippen molar-refractivity contribution < 1.29 is 4.74 Å². The van der Waals surface area contributed by atoms with E-state index in [1.54, 1.807) is 0 Å². The fourth-order valence-corrected chi connectivity index (χ4v) is 3.31. The van der Waals surface area contributed by atoms with E-state index in [9.17, 15) is 0 Å². The van der Waals surface area contributed by atoms with Gasteiger partial charge in [0.1, 0.15) is 0 Å². The van der Waals surface area contributed by atoms with E-state index < -0.39 is 0 Å². The SMILES string of the molecule is CC1CN(Cc2ccc(CN=C(N)Nc3ccccc3)cc2)CC(C)O1.I. The topological polar surface area (TPSA) is 62.9 Å². The summed E-state index contributed by atoms with van der Waals surface area (Å²) in [6, 6.07) is 18.4. The van der Waals surface area contributed by atoms with E-state index >= 15 is 0 Å². The van der Waals surface area contributed by atoms with Gasteiger partial charge in [-0.2, -0.15) is 0 Å². The molecule has 1 fully saturated rings. The number of nitrogens with one attached hydrogen (secondary N) is 1. The minimum absolute atomic E-state index is 0. The molecule has 1 heterocycles. The Labute approximate surface area is 179 Å². The van der Waals surface area contributed by atoms with Gasteiger partial charge in [-0.05, 0) is 37.1 Å². The van der Waals surface area contributed by atoms with Crippen molar-refractivity contribution in [1.29, 1.82) is 0 Å². The summed E-state index contributed by atoms with van der Waals surface area (Å²) < 4.78 is 5.80. The first kappa shape index (κ1) is 21.7. The van der Waals surface area contributed by atoms with Gasteiger partial charge in [0.05, 0.1) is 18.8 Å². The zero-order chi connectivity index (χ0) is 18.4. The number of para-hydroxylation sites is 1. The molecule has 0 radical (unpaired) electrons. The fourth-order valence-electron chi connectivity index (χ4n) is 3.31. The molecule has 0 aromatic heterocycles. The molecule has 0 spiro atoms. The van der Waals surface area contributed by atoms with Gasteiger partial charge < -0.3 is 15.8 Å². The summed E-state index contributed by atoms with van der Waals surface area (Å²) in [5.41, 5.74) is 9.36. The summed E-state index contributed by atoms with van der Waals surface area (Å²) in [5, 5.41) is 3.10. The van der Waals surface area contributed by atoms with E-state index in [-0.39, 0.29) is 24.0 Å². The number of aliphatic imine (C=N–C) groups is 1. The first-order chi connectivity index (χ1) is 12.6. The highest BCUT2D eigenvalue weighted by Crippen LogP contribution is 2.15. The second-order valence-corrected chi connectivity index (χ2v) is 6.96. The van der Waals surface area contributed by atoms with Crippen LogP contribution in [-0.4, -0.2) is 36.2 Å². The first-order valence-corrected chi connectivity index (χ1v) is 9.16. The molecule has 0 amide bonds. The second-order valence-electron chi connectivity index (χ2n) is 6.96. The van der Waals surface area contributed by atoms with Crippen molar-refractivity contribution in [3.05, 3.63) is 65.7 Å². The number of halogens is 1. The van der Waals surface area contributed by atoms with Crippen LogP contribution in [0.4, 0.5) is 5.69 Å². The van der Waals surface area contributed by atoms with Gasteiger partial charge in [0.15, 0.2) is 5.96 Å². The zero-order valence-corrected chi connectivity index (χ0v) is 18.3. The third-order valence-corrected chi connectivity index (χ3v) is 4.40. The summed E-state index contributed by atoms with van der Waals surface area (Å²) in [5.74, 6) is 0.427. The zero-order valence-electron chi connectivity index (χ0n) is 16.0. The lowest BCUT2D eigenvalue weighted by Crippen LogP contribution is -2.44. The van der Waals surface area contributed by atoms with Crippen molar-refractivity contribution >= 4 is 35.6 Å². The molecular formula is C21H29IN4O. The molecule has 2 unspecified atom stereocenters. The number of hydrogen-bond donors (Lipinski definition) is 2. The highest BCUT2D eigenvalue weighted by atomic mass is 127. The maximum Gasteiger partial charge on any atom is 0.193 e. The van der Waals surface area contributed by atoms with Crippen LogP contribution in [0.3, 0.4) is 0 Å². The predicted molar refractivity (Wildman–Crippen MR) is 123 cm³/mol. The minimum Gasteiger partial charge on any atom is -0.373 e. The lowest BCUT2D eigenvalue weighted by molar-refractivity contribution is -0.0704. The molecular weight excluding hydrogens is 451 g/mol. The van der Waals surface area contributed by atoms with Crippen LogP contribution in [0.1, 0.15) is 25.0 Å². The van der Waals surface area contributed by atoms with E-state index in [4.69, 9.17) is 10.5 Å². The Morgan fingerprint density at radius 1 is 1.04 bits per heavy atom. The molecule has 2 aromatic rings. The molecule has 27 heavy (non-hydrogen) atoms. The Hall–Kier alpha value is -1.64. The fraction of sp³-hybridized carbons (Fsp3) is 0.381. The summed E-state index contributed by atoms with van der Waals surface area (Å²) in [6.45, 7) is 7.77. The van der Waals surface area contributed by atoms with Gasteiger partial charge in [0.2, 0.25) is 0 Å². The van der Waals surface area contributed by atoms with Gasteiger partial charge in [-0.3, -0.25) is 4.90 Å². The van der Waals surface area contributed by atoms with Crippen LogP contribution in [0.2, 0.25) is 0 Å². The number of rotatable bonds is 5. The standard InChI is InChI=1S/C21H28N4O.HI/c1-16-13-25(14-17(2)26-16)15-19-10-8-18(9-11-19)12-23-21(22)24-20-6-4-3-5-7-20;/h3-11,16-17H,12-15H2,1-2H3,(H3,22,23,24);1H. The van der Waals surface area contributed by atoms with Crippen LogP contribution in [0, 0.1) is 0 Å². The van der Waals surface area contributed by atoms with Crippen LogP contribution >= 0.6 is 24.0 Å². The number of nitrogens with two attached hydrogens (primary N) is 1. The minimum atomic E-state index is 0. The van der Waals surface area contributed by atoms with Gasteiger partial charge >= 0.3 is 0 Å². The number of guanidine groups is 1. The molecule has 0 saturated carbocycles. The van der Waals surface area contributed by atoms with Gasteiger partial charge in [-0.15, -0.1) is 24.0 Å². The van der Waals surface area contributed by atoms with Crippen molar-refractivity contribution in [3.8, 4) is 0 Å². The Bertz CT molecular complexity index is 711. The quantitative estimate of drug-likeness (QED) is 0.388. The largest absolute Gasteiger partial charge is 0.373 e. The molecule has 3 rings (SSSR count). The first-order valence-electron chi connectivity index (χ1n) is 9.16. The van der Waals surface area contributed by atoms with Crippen molar-refractivity contribution in [1.82, 2.24) is 4.90 Å². The van der Waals surface area contributed by atoms with E-state index in [0.29, 0.717) is 24.7 Å². The molecule has 146 valence electrons. The number of anilines is 1. The normalized spacial score (nSPS) is 20.7. The van der Waals surface area contributed by atoms with Crippen LogP contribution in [-0.2, 0) is 17.8 Å². The van der Waals surface area contributed by atoms with Crippen molar-refractivity contribution in [2.45, 2.75) is 39.1 Å². The summed E-state index contributed by atoms with van der Waals surface area (Å²) in [6.07, 6.45) is 0.597. The van der Waals surface area contributed by atoms with Gasteiger partial charge in [-0.25, -0.2) is 4.99 Å². The van der Waals surface area contributed by atoms with Crippen LogP contribution in [0.15, 0.2) is 59.6 Å². The summed E-state index contributed by atoms with van der Waals surface area (Å²) in [4.78, 5) is 6.86. The molecule has 1 aliphatic heterocycles. The molecule has 2 atom stereocenters. The number of hydrogen-bond acceptors (Lipinski definition) is 3. The van der Waals surface area contributed by atoms with Crippen LogP contribution in [0.5, 0.6) is 0 Å². The maximum absolute atomic E-state index is 5.95. The van der Waals surface area contributed by atoms with Crippen LogP contribution in [0.25, 0.3) is 0 Å². The Kier molecular flexibility index (Phi) is 8.53. The number of benzene rings is 2. The van der Waals surface area contributed by atoms with Crippen LogP contribution < -0.4 is 11.1 Å². The molecule has 1 saturated heterocycles. The highest BCUT2D eigenvalue weighted by molar-refractivity contribution is 14.0. The predicted octanol–water partition coefficient (Wildman–Crippen LogP) is 3.84. The Balaban J connectivity index is 0.00000261. The van der Waals surface area contributed by atoms with E-state index in [1.807, 2.05) is 30.3 Å². The third kappa shape index (κ3) is 7.12. The van der Waals surface area contributed by atoms with Crippen molar-refractivity contribution in [2.24, 2.45) is 10.7 Å². The smallest absolute Gasteiger partial charge is 0.193 e. The summed E-state index contributed by atoms with van der Waals surface area (Å²) in [7, 11) is 0. The average Bonchev–Trinajstić information content (AvgIpc) is 2.61. The molecule has 6 heteroatoms. The lowest BCUT2D eigenvalue weighted by atomic mass is 10.1. The van der Waals surface area contributed by atoms with E-state index in [1.165, 1.54) is 5.56 Å². The van der Waals surface area contributed by atoms with Gasteiger partial charge in [-0.1, -0.05) is 42.5 Å². The van der Waals surface area contributed by atoms with Crippen molar-refractivity contribution in [3.63, 3.8) is 0 Å². The van der Waals surface area contributed by atoms with E-state index in [0.717, 1.165) is 30.9 Å². The number of ether oxygens (including phenoxy) is 1. The number of nitrogens with zero attached hydrogens (tertiary/aromatic N) is 2. The van der Waals surface area contributed by atoms with Crippen molar-refractivity contribution in [2.75, 3.05) is 18.4 Å². The van der Waals surface area contributed by atoms with Gasteiger partial charge in [0, 0.05) is 25.3 Å². The molecule has 1 aliphatic rings. The molecule has 5 nitrogen and oxygen atoms in total. The molecule has 0 bridgehead atoms. The monoisotopic (exact) mass is 480 g/mol. The maximum atomic E-state index is 5.95. The highest BCUT2D eigenvalue weighted by Gasteiger charge is 2.21. The molecule has 3 N–H and O–H groups in total.